The van der Waals surface area contributed by atoms with Crippen molar-refractivity contribution in [1.29, 1.82) is 0 Å². The summed E-state index contributed by atoms with van der Waals surface area (Å²) in [5, 5.41) is 3.08. The second-order valence-corrected chi connectivity index (χ2v) is 7.59. The van der Waals surface area contributed by atoms with Crippen LogP contribution in [0.1, 0.15) is 44.1 Å². The van der Waals surface area contributed by atoms with E-state index in [0.29, 0.717) is 31.2 Å². The van der Waals surface area contributed by atoms with E-state index < -0.39 is 0 Å². The van der Waals surface area contributed by atoms with Gasteiger partial charge < -0.3 is 15.8 Å². The predicted octanol–water partition coefficient (Wildman–Crippen LogP) is 2.43. The molecular weight excluding hydrogens is 316 g/mol. The van der Waals surface area contributed by atoms with Gasteiger partial charge >= 0.3 is 0 Å². The maximum atomic E-state index is 13.1. The van der Waals surface area contributed by atoms with Gasteiger partial charge in [0.25, 0.3) is 0 Å². The maximum Gasteiger partial charge on any atom is 0.226 e. The Hall–Kier alpha value is -2.04. The van der Waals surface area contributed by atoms with E-state index >= 15 is 0 Å². The number of hydrogen-bond acceptors (Lipinski definition) is 3. The summed E-state index contributed by atoms with van der Waals surface area (Å²) in [6.45, 7) is 0.513. The molecule has 1 aromatic carbocycles. The van der Waals surface area contributed by atoms with Crippen molar-refractivity contribution in [3.05, 3.63) is 29.8 Å². The molecule has 2 fully saturated rings. The zero-order chi connectivity index (χ0) is 17.9. The van der Waals surface area contributed by atoms with Crippen LogP contribution >= 0.6 is 0 Å². The van der Waals surface area contributed by atoms with Crippen molar-refractivity contribution in [2.24, 2.45) is 23.0 Å². The molecule has 2 saturated carbocycles. The summed E-state index contributed by atoms with van der Waals surface area (Å²) in [6, 6.07) is 8.03. The predicted molar refractivity (Wildman–Crippen MR) is 96.0 cm³/mol. The summed E-state index contributed by atoms with van der Waals surface area (Å²) >= 11 is 0. The van der Waals surface area contributed by atoms with Gasteiger partial charge in [-0.25, -0.2) is 0 Å². The lowest BCUT2D eigenvalue weighted by molar-refractivity contribution is -0.134. The van der Waals surface area contributed by atoms with Crippen LogP contribution in [-0.2, 0) is 16.0 Å². The standard InChI is InChI=1S/C20H28N2O3/c1-25-17-5-2-4-14(11-17)12-20(13-15-7-8-16(20)10-15)19(24)22-9-3-6-18(21)23/h2,4-5,11,15-16H,3,6-10,12-13H2,1H3,(H2,21,23)(H,22,24). The quantitative estimate of drug-likeness (QED) is 0.711. The lowest BCUT2D eigenvalue weighted by Crippen LogP contribution is -2.46. The Labute approximate surface area is 149 Å². The molecule has 1 aromatic rings. The largest absolute Gasteiger partial charge is 0.497 e. The molecule has 3 rings (SSSR count). The molecule has 136 valence electrons. The number of hydrogen-bond donors (Lipinski definition) is 2. The third-order valence-electron chi connectivity index (χ3n) is 5.97. The molecule has 0 radical (unpaired) electrons. The summed E-state index contributed by atoms with van der Waals surface area (Å²) in [7, 11) is 1.66. The van der Waals surface area contributed by atoms with Gasteiger partial charge in [-0.2, -0.15) is 0 Å². The summed E-state index contributed by atoms with van der Waals surface area (Å²) in [6.07, 6.45) is 6.20. The fraction of sp³-hybridized carbons (Fsp3) is 0.600. The Kier molecular flexibility index (Phi) is 5.30. The van der Waals surface area contributed by atoms with Gasteiger partial charge in [0.2, 0.25) is 11.8 Å². The van der Waals surface area contributed by atoms with Crippen LogP contribution in [0, 0.1) is 17.3 Å². The number of carbonyl (C=O) groups is 2. The molecule has 25 heavy (non-hydrogen) atoms. The number of ether oxygens (including phenoxy) is 1. The first-order chi connectivity index (χ1) is 12.0. The number of fused-ring (bicyclic) bond motifs is 2. The summed E-state index contributed by atoms with van der Waals surface area (Å²) < 4.78 is 5.33. The second kappa shape index (κ2) is 7.46. The topological polar surface area (TPSA) is 81.4 Å². The van der Waals surface area contributed by atoms with E-state index in [1.807, 2.05) is 18.2 Å². The maximum absolute atomic E-state index is 13.1. The van der Waals surface area contributed by atoms with E-state index in [2.05, 4.69) is 11.4 Å². The van der Waals surface area contributed by atoms with Crippen LogP contribution < -0.4 is 15.8 Å². The Balaban J connectivity index is 1.72. The Morgan fingerprint density at radius 1 is 1.36 bits per heavy atom. The Bertz CT molecular complexity index is 646. The van der Waals surface area contributed by atoms with Gasteiger partial charge in [0, 0.05) is 13.0 Å². The Morgan fingerprint density at radius 2 is 2.20 bits per heavy atom. The van der Waals surface area contributed by atoms with E-state index in [1.165, 1.54) is 12.8 Å². The minimum atomic E-state index is -0.319. The normalized spacial score (nSPS) is 27.2. The lowest BCUT2D eigenvalue weighted by atomic mass is 9.68. The molecule has 0 aromatic heterocycles. The smallest absolute Gasteiger partial charge is 0.226 e. The average molecular weight is 344 g/mol. The molecule has 3 unspecified atom stereocenters. The van der Waals surface area contributed by atoms with Gasteiger partial charge in [-0.3, -0.25) is 9.59 Å². The number of methoxy groups -OCH3 is 1. The molecule has 2 aliphatic rings. The van der Waals surface area contributed by atoms with E-state index in [1.54, 1.807) is 7.11 Å². The molecule has 5 heteroatoms. The van der Waals surface area contributed by atoms with Crippen LogP contribution in [0.25, 0.3) is 0 Å². The Morgan fingerprint density at radius 3 is 2.84 bits per heavy atom. The number of benzene rings is 1. The number of primary amides is 1. The van der Waals surface area contributed by atoms with Crippen molar-refractivity contribution >= 4 is 11.8 Å². The first-order valence-corrected chi connectivity index (χ1v) is 9.23. The zero-order valence-electron chi connectivity index (χ0n) is 14.9. The van der Waals surface area contributed by atoms with Crippen LogP contribution in [0.4, 0.5) is 0 Å². The summed E-state index contributed by atoms with van der Waals surface area (Å²) in [5.41, 5.74) is 6.01. The molecule has 0 heterocycles. The molecule has 2 aliphatic carbocycles. The zero-order valence-corrected chi connectivity index (χ0v) is 14.9. The van der Waals surface area contributed by atoms with E-state index in [-0.39, 0.29) is 17.2 Å². The molecule has 2 bridgehead atoms. The minimum absolute atomic E-state index is 0.145. The monoisotopic (exact) mass is 344 g/mol. The van der Waals surface area contributed by atoms with Gasteiger partial charge in [-0.05, 0) is 61.6 Å². The highest BCUT2D eigenvalue weighted by atomic mass is 16.5. The minimum Gasteiger partial charge on any atom is -0.497 e. The van der Waals surface area contributed by atoms with Crippen molar-refractivity contribution in [2.45, 2.75) is 44.9 Å². The van der Waals surface area contributed by atoms with Crippen molar-refractivity contribution in [3.63, 3.8) is 0 Å². The second-order valence-electron chi connectivity index (χ2n) is 7.59. The van der Waals surface area contributed by atoms with Gasteiger partial charge in [0.15, 0.2) is 0 Å². The number of nitrogens with two attached hydrogens (primary N) is 1. The fourth-order valence-corrected chi connectivity index (χ4v) is 4.81. The number of carbonyl (C=O) groups excluding carboxylic acids is 2. The third kappa shape index (κ3) is 3.80. The number of amides is 2. The van der Waals surface area contributed by atoms with Crippen molar-refractivity contribution in [3.8, 4) is 5.75 Å². The first kappa shape index (κ1) is 17.8. The fourth-order valence-electron chi connectivity index (χ4n) is 4.81. The van der Waals surface area contributed by atoms with Crippen molar-refractivity contribution in [2.75, 3.05) is 13.7 Å². The van der Waals surface area contributed by atoms with Gasteiger partial charge in [-0.15, -0.1) is 0 Å². The van der Waals surface area contributed by atoms with E-state index in [9.17, 15) is 9.59 Å². The molecule has 0 saturated heterocycles. The summed E-state index contributed by atoms with van der Waals surface area (Å²) in [4.78, 5) is 24.0. The SMILES string of the molecule is COc1cccc(CC2(C(=O)NCCCC(N)=O)CC3CCC2C3)c1. The van der Waals surface area contributed by atoms with Crippen LogP contribution in [0.3, 0.4) is 0 Å². The molecule has 3 atom stereocenters. The van der Waals surface area contributed by atoms with Crippen LogP contribution in [0.15, 0.2) is 24.3 Å². The first-order valence-electron chi connectivity index (χ1n) is 9.23. The van der Waals surface area contributed by atoms with Gasteiger partial charge in [0.05, 0.1) is 12.5 Å². The molecule has 3 N–H and O–H groups in total. The van der Waals surface area contributed by atoms with Gasteiger partial charge in [-0.1, -0.05) is 18.6 Å². The van der Waals surface area contributed by atoms with Crippen LogP contribution in [-0.4, -0.2) is 25.5 Å². The van der Waals surface area contributed by atoms with E-state index in [0.717, 1.165) is 30.6 Å². The van der Waals surface area contributed by atoms with Crippen LogP contribution in [0.5, 0.6) is 5.75 Å². The van der Waals surface area contributed by atoms with Crippen molar-refractivity contribution in [1.82, 2.24) is 5.32 Å². The molecular formula is C20H28N2O3. The molecule has 5 nitrogen and oxygen atoms in total. The number of nitrogens with one attached hydrogen (secondary N) is 1. The highest BCUT2D eigenvalue weighted by Crippen LogP contribution is 2.57. The molecule has 0 spiro atoms. The van der Waals surface area contributed by atoms with E-state index in [4.69, 9.17) is 10.5 Å². The molecule has 0 aliphatic heterocycles. The third-order valence-corrected chi connectivity index (χ3v) is 5.97. The van der Waals surface area contributed by atoms with Crippen molar-refractivity contribution < 1.29 is 14.3 Å². The lowest BCUT2D eigenvalue weighted by Gasteiger charge is -2.36. The molecule has 2 amide bonds. The number of rotatable bonds is 8. The van der Waals surface area contributed by atoms with Crippen LogP contribution in [0.2, 0.25) is 0 Å². The average Bonchev–Trinajstić information content (AvgIpc) is 3.20. The highest BCUT2D eigenvalue weighted by molar-refractivity contribution is 5.84. The summed E-state index contributed by atoms with van der Waals surface area (Å²) in [5.74, 6) is 1.79. The van der Waals surface area contributed by atoms with Gasteiger partial charge in [0.1, 0.15) is 5.75 Å². The highest BCUT2D eigenvalue weighted by Gasteiger charge is 2.55.